The molecule has 120 valence electrons. The molecule has 0 unspecified atom stereocenters. The molecule has 0 aromatic heterocycles. The number of nitrogens with one attached hydrogen (secondary N) is 1. The summed E-state index contributed by atoms with van der Waals surface area (Å²) in [5.41, 5.74) is 6.13. The number of nitrogens with two attached hydrogens (primary N) is 1. The van der Waals surface area contributed by atoms with E-state index in [2.05, 4.69) is 15.0 Å². The first-order valence-corrected chi connectivity index (χ1v) is 6.22. The molecule has 0 bridgehead atoms. The maximum atomic E-state index is 12.3. The maximum Gasteiger partial charge on any atom is 0.387 e. The first-order valence-electron chi connectivity index (χ1n) is 6.22. The van der Waals surface area contributed by atoms with E-state index in [9.17, 15) is 8.78 Å². The normalized spacial score (nSPS) is 11.0. The molecule has 1 aromatic carbocycles. The maximum absolute atomic E-state index is 12.3. The van der Waals surface area contributed by atoms with Crippen molar-refractivity contribution in [2.45, 2.75) is 26.5 Å². The van der Waals surface area contributed by atoms with E-state index in [1.807, 2.05) is 6.92 Å². The summed E-state index contributed by atoms with van der Waals surface area (Å²) in [5.74, 6) is 0.863. The Morgan fingerprint density at radius 2 is 2.14 bits per heavy atom. The van der Waals surface area contributed by atoms with Crippen molar-refractivity contribution in [3.05, 3.63) is 23.8 Å². The highest BCUT2D eigenvalue weighted by atomic mass is 127. The standard InChI is InChI=1S/C13H19F2N3O2.HI/c1-3-6-17-13(16)18-8-9-7-10(19-2)4-5-11(9)20-12(14)15;/h4-5,7,12H,3,6,8H2,1-2H3,(H3,16,17,18);1H. The number of benzene rings is 1. The average Bonchev–Trinajstić information content (AvgIpc) is 2.43. The molecular weight excluding hydrogens is 395 g/mol. The Labute approximate surface area is 139 Å². The predicted octanol–water partition coefficient (Wildman–Crippen LogP) is 2.73. The largest absolute Gasteiger partial charge is 0.497 e. The van der Waals surface area contributed by atoms with Gasteiger partial charge in [-0.05, 0) is 24.6 Å². The molecule has 3 N–H and O–H groups in total. The molecule has 0 saturated heterocycles. The number of halogens is 3. The Balaban J connectivity index is 0.00000400. The molecule has 0 spiro atoms. The molecule has 1 rings (SSSR count). The van der Waals surface area contributed by atoms with Crippen molar-refractivity contribution in [2.75, 3.05) is 13.7 Å². The number of methoxy groups -OCH3 is 1. The van der Waals surface area contributed by atoms with Gasteiger partial charge in [-0.3, -0.25) is 0 Å². The summed E-state index contributed by atoms with van der Waals surface area (Å²) < 4.78 is 34.1. The number of ether oxygens (including phenoxy) is 2. The van der Waals surface area contributed by atoms with Gasteiger partial charge in [0, 0.05) is 12.1 Å². The molecule has 0 radical (unpaired) electrons. The van der Waals surface area contributed by atoms with Gasteiger partial charge in [0.25, 0.3) is 0 Å². The highest BCUT2D eigenvalue weighted by Crippen LogP contribution is 2.26. The van der Waals surface area contributed by atoms with Crippen LogP contribution in [-0.4, -0.2) is 26.2 Å². The van der Waals surface area contributed by atoms with Crippen LogP contribution in [0.2, 0.25) is 0 Å². The Kier molecular flexibility index (Phi) is 9.76. The third kappa shape index (κ3) is 7.30. The number of hydrogen-bond donors (Lipinski definition) is 2. The third-order valence-corrected chi connectivity index (χ3v) is 2.46. The van der Waals surface area contributed by atoms with Crippen LogP contribution in [0.5, 0.6) is 11.5 Å². The molecule has 0 amide bonds. The zero-order chi connectivity index (χ0) is 15.0. The molecule has 0 aliphatic rings. The molecule has 0 fully saturated rings. The molecule has 8 heteroatoms. The van der Waals surface area contributed by atoms with E-state index < -0.39 is 6.61 Å². The van der Waals surface area contributed by atoms with Gasteiger partial charge in [-0.15, -0.1) is 24.0 Å². The second-order valence-corrected chi connectivity index (χ2v) is 3.98. The van der Waals surface area contributed by atoms with Crippen molar-refractivity contribution in [1.29, 1.82) is 0 Å². The first-order chi connectivity index (χ1) is 9.56. The van der Waals surface area contributed by atoms with Gasteiger partial charge < -0.3 is 20.5 Å². The number of guanidine groups is 1. The van der Waals surface area contributed by atoms with Crippen LogP contribution in [0.1, 0.15) is 18.9 Å². The molecular formula is C13H20F2IN3O2. The van der Waals surface area contributed by atoms with E-state index in [1.54, 1.807) is 12.1 Å². The van der Waals surface area contributed by atoms with Crippen molar-refractivity contribution in [3.63, 3.8) is 0 Å². The van der Waals surface area contributed by atoms with Crippen molar-refractivity contribution in [3.8, 4) is 11.5 Å². The van der Waals surface area contributed by atoms with Gasteiger partial charge in [-0.25, -0.2) is 4.99 Å². The summed E-state index contributed by atoms with van der Waals surface area (Å²) in [7, 11) is 1.49. The molecule has 21 heavy (non-hydrogen) atoms. The molecule has 0 heterocycles. The number of hydrogen-bond acceptors (Lipinski definition) is 3. The Bertz CT molecular complexity index is 459. The zero-order valence-electron chi connectivity index (χ0n) is 11.9. The van der Waals surface area contributed by atoms with Crippen LogP contribution in [0.3, 0.4) is 0 Å². The summed E-state index contributed by atoms with van der Waals surface area (Å²) in [6, 6.07) is 4.56. The van der Waals surface area contributed by atoms with Crippen molar-refractivity contribution < 1.29 is 18.3 Å². The summed E-state index contributed by atoms with van der Waals surface area (Å²) in [6.45, 7) is -0.0614. The molecule has 1 aromatic rings. The summed E-state index contributed by atoms with van der Waals surface area (Å²) in [4.78, 5) is 4.08. The summed E-state index contributed by atoms with van der Waals surface area (Å²) >= 11 is 0. The highest BCUT2D eigenvalue weighted by molar-refractivity contribution is 14.0. The van der Waals surface area contributed by atoms with Crippen molar-refractivity contribution >= 4 is 29.9 Å². The minimum Gasteiger partial charge on any atom is -0.497 e. The fourth-order valence-electron chi connectivity index (χ4n) is 1.50. The highest BCUT2D eigenvalue weighted by Gasteiger charge is 2.10. The summed E-state index contributed by atoms with van der Waals surface area (Å²) in [6.07, 6.45) is 0.912. The number of aliphatic imine (C=N–C) groups is 1. The Morgan fingerprint density at radius 3 is 2.71 bits per heavy atom. The van der Waals surface area contributed by atoms with E-state index in [0.717, 1.165) is 6.42 Å². The van der Waals surface area contributed by atoms with Gasteiger partial charge in [0.1, 0.15) is 11.5 Å². The van der Waals surface area contributed by atoms with Gasteiger partial charge in [0.05, 0.1) is 13.7 Å². The average molecular weight is 415 g/mol. The second kappa shape index (κ2) is 10.4. The lowest BCUT2D eigenvalue weighted by molar-refractivity contribution is -0.0504. The van der Waals surface area contributed by atoms with Crippen LogP contribution in [0.15, 0.2) is 23.2 Å². The van der Waals surface area contributed by atoms with E-state index in [4.69, 9.17) is 10.5 Å². The lowest BCUT2D eigenvalue weighted by Crippen LogP contribution is -2.32. The van der Waals surface area contributed by atoms with E-state index >= 15 is 0 Å². The molecule has 5 nitrogen and oxygen atoms in total. The van der Waals surface area contributed by atoms with E-state index in [1.165, 1.54) is 13.2 Å². The lowest BCUT2D eigenvalue weighted by atomic mass is 10.2. The van der Waals surface area contributed by atoms with E-state index in [0.29, 0.717) is 17.9 Å². The van der Waals surface area contributed by atoms with Crippen LogP contribution in [0.25, 0.3) is 0 Å². The van der Waals surface area contributed by atoms with Gasteiger partial charge in [0.2, 0.25) is 0 Å². The van der Waals surface area contributed by atoms with Crippen molar-refractivity contribution in [1.82, 2.24) is 5.32 Å². The molecule has 0 saturated carbocycles. The van der Waals surface area contributed by atoms with Crippen LogP contribution in [0, 0.1) is 0 Å². The molecule has 0 aliphatic carbocycles. The second-order valence-electron chi connectivity index (χ2n) is 3.98. The SMILES string of the molecule is CCCNC(N)=NCc1cc(OC)ccc1OC(F)F.I. The monoisotopic (exact) mass is 415 g/mol. The van der Waals surface area contributed by atoms with Crippen LogP contribution < -0.4 is 20.5 Å². The fourth-order valence-corrected chi connectivity index (χ4v) is 1.50. The molecule has 0 aliphatic heterocycles. The van der Waals surface area contributed by atoms with Crippen LogP contribution in [0.4, 0.5) is 8.78 Å². The zero-order valence-corrected chi connectivity index (χ0v) is 14.3. The van der Waals surface area contributed by atoms with Gasteiger partial charge >= 0.3 is 6.61 Å². The number of nitrogens with zero attached hydrogens (tertiary/aromatic N) is 1. The topological polar surface area (TPSA) is 68.9 Å². The Hall–Kier alpha value is -1.32. The van der Waals surface area contributed by atoms with Crippen LogP contribution >= 0.6 is 24.0 Å². The Morgan fingerprint density at radius 1 is 1.43 bits per heavy atom. The van der Waals surface area contributed by atoms with Crippen LogP contribution in [-0.2, 0) is 6.54 Å². The third-order valence-electron chi connectivity index (χ3n) is 2.46. The van der Waals surface area contributed by atoms with Gasteiger partial charge in [-0.2, -0.15) is 8.78 Å². The quantitative estimate of drug-likeness (QED) is 0.408. The smallest absolute Gasteiger partial charge is 0.387 e. The number of alkyl halides is 2. The van der Waals surface area contributed by atoms with Crippen molar-refractivity contribution in [2.24, 2.45) is 10.7 Å². The first kappa shape index (κ1) is 19.7. The summed E-state index contributed by atoms with van der Waals surface area (Å²) in [5, 5.41) is 2.90. The fraction of sp³-hybridized carbons (Fsp3) is 0.462. The van der Waals surface area contributed by atoms with Gasteiger partial charge in [0.15, 0.2) is 5.96 Å². The minimum absolute atomic E-state index is 0. The predicted molar refractivity (Wildman–Crippen MR) is 88.7 cm³/mol. The lowest BCUT2D eigenvalue weighted by Gasteiger charge is -2.11. The number of rotatable bonds is 7. The minimum atomic E-state index is -2.89. The molecule has 0 atom stereocenters. The van der Waals surface area contributed by atoms with Gasteiger partial charge in [-0.1, -0.05) is 6.92 Å². The van der Waals surface area contributed by atoms with E-state index in [-0.39, 0.29) is 42.2 Å².